The van der Waals surface area contributed by atoms with Crippen LogP contribution >= 0.6 is 0 Å². The minimum atomic E-state index is -0.365. The van der Waals surface area contributed by atoms with E-state index >= 15 is 0 Å². The molecule has 1 fully saturated rings. The van der Waals surface area contributed by atoms with Crippen LogP contribution in [0, 0.1) is 5.92 Å². The van der Waals surface area contributed by atoms with E-state index in [2.05, 4.69) is 67.9 Å². The van der Waals surface area contributed by atoms with Crippen LogP contribution in [0.5, 0.6) is 0 Å². The van der Waals surface area contributed by atoms with Crippen LogP contribution in [0.2, 0.25) is 0 Å². The predicted octanol–water partition coefficient (Wildman–Crippen LogP) is 8.70. The molecule has 0 aliphatic heterocycles. The summed E-state index contributed by atoms with van der Waals surface area (Å²) in [5, 5.41) is 9.66. The summed E-state index contributed by atoms with van der Waals surface area (Å²) in [5.74, 6) is 0.761. The van der Waals surface area contributed by atoms with Gasteiger partial charge in [-0.2, -0.15) is 0 Å². The van der Waals surface area contributed by atoms with Crippen molar-refractivity contribution in [2.75, 3.05) is 11.9 Å². The fourth-order valence-electron chi connectivity index (χ4n) is 6.33. The molecule has 3 aromatic rings. The van der Waals surface area contributed by atoms with E-state index in [9.17, 15) is 9.59 Å². The van der Waals surface area contributed by atoms with Crippen molar-refractivity contribution in [2.45, 2.75) is 96.9 Å². The molecule has 1 heterocycles. The van der Waals surface area contributed by atoms with Crippen molar-refractivity contribution in [2.24, 2.45) is 5.92 Å². The largest absolute Gasteiger partial charge is 0.352 e. The number of carbonyl (C=O) groups is 2. The molecule has 0 spiro atoms. The van der Waals surface area contributed by atoms with Crippen molar-refractivity contribution in [3.63, 3.8) is 0 Å². The third kappa shape index (κ3) is 7.78. The summed E-state index contributed by atoms with van der Waals surface area (Å²) in [4.78, 5) is 31.8. The van der Waals surface area contributed by atoms with Crippen LogP contribution < -0.4 is 16.0 Å². The van der Waals surface area contributed by atoms with Gasteiger partial charge in [-0.25, -0.2) is 4.79 Å². The molecule has 0 radical (unpaired) electrons. The lowest BCUT2D eigenvalue weighted by atomic mass is 9.73. The summed E-state index contributed by atoms with van der Waals surface area (Å²) >= 11 is 0. The molecule has 1 saturated carbocycles. The zero-order valence-corrected chi connectivity index (χ0v) is 26.0. The predicted molar refractivity (Wildman–Crippen MR) is 172 cm³/mol. The molecular formula is C36H48N4O2. The number of urea groups is 1. The molecule has 0 bridgehead atoms. The fourth-order valence-corrected chi connectivity index (χ4v) is 6.33. The second-order valence-electron chi connectivity index (χ2n) is 12.3. The second-order valence-corrected chi connectivity index (χ2v) is 12.3. The van der Waals surface area contributed by atoms with Crippen LogP contribution in [-0.2, 0) is 0 Å². The van der Waals surface area contributed by atoms with Gasteiger partial charge < -0.3 is 16.0 Å². The Bertz CT molecular complexity index is 1290. The van der Waals surface area contributed by atoms with Crippen LogP contribution in [0.4, 0.5) is 10.5 Å². The number of para-hydroxylation sites is 1. The third-order valence-corrected chi connectivity index (χ3v) is 8.49. The molecular weight excluding hydrogens is 520 g/mol. The molecule has 42 heavy (non-hydrogen) atoms. The van der Waals surface area contributed by atoms with E-state index in [1.807, 2.05) is 49.5 Å². The van der Waals surface area contributed by atoms with Gasteiger partial charge in [-0.05, 0) is 78.0 Å². The summed E-state index contributed by atoms with van der Waals surface area (Å²) in [6, 6.07) is 19.4. The van der Waals surface area contributed by atoms with Crippen molar-refractivity contribution in [1.29, 1.82) is 0 Å². The Morgan fingerprint density at radius 3 is 2.19 bits per heavy atom. The molecule has 224 valence electrons. The highest BCUT2D eigenvalue weighted by Gasteiger charge is 2.35. The van der Waals surface area contributed by atoms with E-state index < -0.39 is 0 Å². The summed E-state index contributed by atoms with van der Waals surface area (Å²) in [5.41, 5.74) is 5.62. The average Bonchev–Trinajstić information content (AvgIpc) is 3.00. The Balaban J connectivity index is 1.76. The number of benzene rings is 2. The first kappa shape index (κ1) is 31.3. The highest BCUT2D eigenvalue weighted by atomic mass is 16.2. The molecule has 2 atom stereocenters. The number of hydrogen-bond acceptors (Lipinski definition) is 3. The maximum Gasteiger partial charge on any atom is 0.319 e. The van der Waals surface area contributed by atoms with Gasteiger partial charge in [-0.15, -0.1) is 0 Å². The quantitative estimate of drug-likeness (QED) is 0.216. The first-order chi connectivity index (χ1) is 20.3. The fraction of sp³-hybridized carbons (Fsp3) is 0.472. The number of nitrogens with one attached hydrogen (secondary N) is 3. The Kier molecular flexibility index (Phi) is 11.2. The zero-order valence-electron chi connectivity index (χ0n) is 26.0. The summed E-state index contributed by atoms with van der Waals surface area (Å²) in [6.45, 7) is 11.3. The second kappa shape index (κ2) is 15.0. The Hall–Kier alpha value is -3.67. The van der Waals surface area contributed by atoms with Crippen molar-refractivity contribution in [1.82, 2.24) is 15.6 Å². The van der Waals surface area contributed by atoms with Gasteiger partial charge in [0, 0.05) is 35.6 Å². The van der Waals surface area contributed by atoms with E-state index in [1.54, 1.807) is 0 Å². The number of nitrogens with zero attached hydrogens (tertiary/aromatic N) is 1. The normalized spacial score (nSPS) is 15.3. The van der Waals surface area contributed by atoms with Crippen molar-refractivity contribution in [3.05, 3.63) is 94.8 Å². The standard InChI is InChI=1S/C36H48N4O2/c1-6-21-38-35(41)28-17-12-16-27(23-28)33(32(26-14-8-7-9-15-26)31-20-10-11-22-37-31)39-36(42)40-34-29(24(2)3)18-13-19-30(34)25(4)5/h10-13,16-20,22-26,32-33H,6-9,14-15,21H2,1-5H3,(H,38,41)(H2,39,40,42). The van der Waals surface area contributed by atoms with Crippen molar-refractivity contribution < 1.29 is 9.59 Å². The number of hydrogen-bond donors (Lipinski definition) is 3. The first-order valence-corrected chi connectivity index (χ1v) is 15.8. The maximum absolute atomic E-state index is 14.0. The topological polar surface area (TPSA) is 83.1 Å². The van der Waals surface area contributed by atoms with Crippen LogP contribution in [0.1, 0.15) is 130 Å². The van der Waals surface area contributed by atoms with E-state index in [-0.39, 0.29) is 35.7 Å². The lowest BCUT2D eigenvalue weighted by Gasteiger charge is -2.36. The number of pyridine rings is 1. The lowest BCUT2D eigenvalue weighted by molar-refractivity contribution is 0.0953. The van der Waals surface area contributed by atoms with Crippen molar-refractivity contribution >= 4 is 17.6 Å². The SMILES string of the molecule is CCCNC(=O)c1cccc(C(NC(=O)Nc2c(C(C)C)cccc2C(C)C)C(c2ccccn2)C2CCCCC2)c1. The molecule has 1 aliphatic rings. The van der Waals surface area contributed by atoms with E-state index in [0.717, 1.165) is 47.3 Å². The summed E-state index contributed by atoms with van der Waals surface area (Å²) in [7, 11) is 0. The highest BCUT2D eigenvalue weighted by molar-refractivity contribution is 5.94. The van der Waals surface area contributed by atoms with Crippen molar-refractivity contribution in [3.8, 4) is 0 Å². The van der Waals surface area contributed by atoms with Gasteiger partial charge in [0.05, 0.1) is 6.04 Å². The molecule has 0 saturated heterocycles. The maximum atomic E-state index is 14.0. The monoisotopic (exact) mass is 568 g/mol. The minimum Gasteiger partial charge on any atom is -0.352 e. The average molecular weight is 569 g/mol. The first-order valence-electron chi connectivity index (χ1n) is 15.8. The molecule has 6 nitrogen and oxygen atoms in total. The zero-order chi connectivity index (χ0) is 30.1. The number of aromatic nitrogens is 1. The molecule has 1 aromatic heterocycles. The Morgan fingerprint density at radius 2 is 1.57 bits per heavy atom. The Labute approximate surface area is 252 Å². The highest BCUT2D eigenvalue weighted by Crippen LogP contribution is 2.43. The van der Waals surface area contributed by atoms with Gasteiger partial charge in [-0.3, -0.25) is 9.78 Å². The van der Waals surface area contributed by atoms with Gasteiger partial charge >= 0.3 is 6.03 Å². The molecule has 1 aliphatic carbocycles. The minimum absolute atomic E-state index is 0.0314. The van der Waals surface area contributed by atoms with E-state index in [4.69, 9.17) is 4.98 Å². The summed E-state index contributed by atoms with van der Waals surface area (Å²) in [6.07, 6.45) is 8.47. The van der Waals surface area contributed by atoms with Crippen LogP contribution in [0.25, 0.3) is 0 Å². The van der Waals surface area contributed by atoms with Gasteiger partial charge in [0.25, 0.3) is 5.91 Å². The smallest absolute Gasteiger partial charge is 0.319 e. The third-order valence-electron chi connectivity index (χ3n) is 8.49. The Morgan fingerprint density at radius 1 is 0.881 bits per heavy atom. The van der Waals surface area contributed by atoms with Crippen LogP contribution in [0.3, 0.4) is 0 Å². The molecule has 4 rings (SSSR count). The van der Waals surface area contributed by atoms with Gasteiger partial charge in [0.2, 0.25) is 0 Å². The van der Waals surface area contributed by atoms with E-state index in [1.165, 1.54) is 19.3 Å². The summed E-state index contributed by atoms with van der Waals surface area (Å²) < 4.78 is 0. The van der Waals surface area contributed by atoms with Crippen LogP contribution in [0.15, 0.2) is 66.9 Å². The number of rotatable bonds is 11. The number of amides is 3. The lowest BCUT2D eigenvalue weighted by Crippen LogP contribution is -2.39. The van der Waals surface area contributed by atoms with Crippen LogP contribution in [-0.4, -0.2) is 23.5 Å². The number of carbonyl (C=O) groups excluding carboxylic acids is 2. The molecule has 2 unspecified atom stereocenters. The molecule has 3 N–H and O–H groups in total. The molecule has 2 aromatic carbocycles. The van der Waals surface area contributed by atoms with Gasteiger partial charge in [0.15, 0.2) is 0 Å². The molecule has 6 heteroatoms. The van der Waals surface area contributed by atoms with E-state index in [0.29, 0.717) is 18.0 Å². The van der Waals surface area contributed by atoms with Gasteiger partial charge in [-0.1, -0.05) is 90.3 Å². The number of anilines is 1. The van der Waals surface area contributed by atoms with Gasteiger partial charge in [0.1, 0.15) is 0 Å². The molecule has 3 amide bonds.